The Kier molecular flexibility index (Phi) is 10.7. The minimum absolute atomic E-state index is 0.0996. The van der Waals surface area contributed by atoms with Gasteiger partial charge in [0, 0.05) is 15.6 Å². The van der Waals surface area contributed by atoms with Crippen LogP contribution in [0, 0.1) is 0 Å². The van der Waals surface area contributed by atoms with Gasteiger partial charge in [-0.2, -0.15) is 0 Å². The second-order valence-electron chi connectivity index (χ2n) is 8.29. The van der Waals surface area contributed by atoms with Gasteiger partial charge in [0.05, 0.1) is 12.8 Å². The van der Waals surface area contributed by atoms with Gasteiger partial charge in [-0.15, -0.1) is 0 Å². The van der Waals surface area contributed by atoms with Crippen molar-refractivity contribution in [2.75, 3.05) is 19.0 Å². The van der Waals surface area contributed by atoms with Gasteiger partial charge in [-0.1, -0.05) is 83.5 Å². The van der Waals surface area contributed by atoms with E-state index in [2.05, 4.69) is 26.6 Å². The number of anilines is 1. The summed E-state index contributed by atoms with van der Waals surface area (Å²) in [5, 5.41) is 7.45. The third kappa shape index (κ3) is 8.44. The van der Waals surface area contributed by atoms with Crippen molar-refractivity contribution < 1.29 is 29.2 Å². The maximum Gasteiger partial charge on any atom is 0.408 e. The van der Waals surface area contributed by atoms with Gasteiger partial charge in [-0.3, -0.25) is 4.79 Å². The van der Waals surface area contributed by atoms with Crippen molar-refractivity contribution >= 4 is 39.6 Å². The first-order valence-electron chi connectivity index (χ1n) is 11.9. The van der Waals surface area contributed by atoms with E-state index >= 15 is 0 Å². The van der Waals surface area contributed by atoms with Crippen molar-refractivity contribution in [3.05, 3.63) is 100 Å². The summed E-state index contributed by atoms with van der Waals surface area (Å²) in [6, 6.07) is 23.4. The molecular formula is C28H31BrN3O5+. The summed E-state index contributed by atoms with van der Waals surface area (Å²) in [4.78, 5) is 37.4. The molecule has 0 spiro atoms. The van der Waals surface area contributed by atoms with Crippen LogP contribution < -0.4 is 16.0 Å². The molecule has 0 fully saturated rings. The third-order valence-corrected chi connectivity index (χ3v) is 6.24. The number of ether oxygens (including phenoxy) is 2. The van der Waals surface area contributed by atoms with E-state index in [0.717, 1.165) is 21.2 Å². The molecule has 0 aliphatic carbocycles. The highest BCUT2D eigenvalue weighted by atomic mass is 79.9. The van der Waals surface area contributed by atoms with Crippen LogP contribution in [0.25, 0.3) is 0 Å². The Balaban J connectivity index is 1.77. The molecule has 0 aliphatic rings. The molecule has 3 aromatic rings. The van der Waals surface area contributed by atoms with Crippen molar-refractivity contribution in [2.45, 2.75) is 32.0 Å². The number of rotatable bonds is 11. The molecule has 0 aliphatic heterocycles. The van der Waals surface area contributed by atoms with Gasteiger partial charge in [-0.05, 0) is 30.2 Å². The minimum Gasteiger partial charge on any atom is -0.465 e. The molecule has 194 valence electrons. The first-order chi connectivity index (χ1) is 17.9. The Morgan fingerprint density at radius 3 is 2.30 bits per heavy atom. The number of hydrogen-bond donors (Lipinski definition) is 3. The topological polar surface area (TPSA) is 110 Å². The monoisotopic (exact) mass is 568 g/mol. The summed E-state index contributed by atoms with van der Waals surface area (Å²) < 4.78 is 10.9. The van der Waals surface area contributed by atoms with E-state index in [0.29, 0.717) is 12.1 Å². The number of hydrogen-bond acceptors (Lipinski definition) is 5. The van der Waals surface area contributed by atoms with Gasteiger partial charge in [0.25, 0.3) is 0 Å². The van der Waals surface area contributed by atoms with Gasteiger partial charge < -0.3 is 25.4 Å². The number of quaternary nitrogens is 1. The van der Waals surface area contributed by atoms with Crippen LogP contribution in [0.1, 0.15) is 36.1 Å². The first-order valence-corrected chi connectivity index (χ1v) is 12.7. The SMILES string of the molecule is CC[C@@H](NC(=O)OCc1ccccc1)C(=O)Nc1ccc(Br)cc1[C@H]([NH2+]CC(=O)OC)c1ccccc1. The molecule has 2 amide bonds. The number of methoxy groups -OCH3 is 1. The second-order valence-corrected chi connectivity index (χ2v) is 9.21. The second kappa shape index (κ2) is 14.2. The Bertz CT molecular complexity index is 1190. The highest BCUT2D eigenvalue weighted by molar-refractivity contribution is 9.10. The number of carbonyl (C=O) groups excluding carboxylic acids is 3. The van der Waals surface area contributed by atoms with E-state index in [1.54, 1.807) is 13.0 Å². The highest BCUT2D eigenvalue weighted by Crippen LogP contribution is 2.29. The van der Waals surface area contributed by atoms with E-state index < -0.39 is 12.1 Å². The Hall–Kier alpha value is -3.69. The summed E-state index contributed by atoms with van der Waals surface area (Å²) >= 11 is 3.52. The summed E-state index contributed by atoms with van der Waals surface area (Å²) in [5.74, 6) is -0.728. The molecule has 3 aromatic carbocycles. The van der Waals surface area contributed by atoms with Gasteiger partial charge in [0.15, 0.2) is 6.54 Å². The van der Waals surface area contributed by atoms with Crippen molar-refractivity contribution in [1.82, 2.24) is 5.32 Å². The molecular weight excluding hydrogens is 538 g/mol. The molecule has 0 bridgehead atoms. The van der Waals surface area contributed by atoms with Gasteiger partial charge >= 0.3 is 12.1 Å². The molecule has 9 heteroatoms. The predicted molar refractivity (Wildman–Crippen MR) is 144 cm³/mol. The number of amides is 2. The fourth-order valence-corrected chi connectivity index (χ4v) is 4.16. The summed E-state index contributed by atoms with van der Waals surface area (Å²) in [7, 11) is 1.35. The van der Waals surface area contributed by atoms with Crippen LogP contribution >= 0.6 is 15.9 Å². The van der Waals surface area contributed by atoms with Gasteiger partial charge in [0.1, 0.15) is 18.7 Å². The van der Waals surface area contributed by atoms with Crippen molar-refractivity contribution in [1.29, 1.82) is 0 Å². The fourth-order valence-electron chi connectivity index (χ4n) is 3.79. The molecule has 0 saturated carbocycles. The maximum atomic E-state index is 13.2. The quantitative estimate of drug-likeness (QED) is 0.304. The lowest BCUT2D eigenvalue weighted by Gasteiger charge is -2.22. The molecule has 8 nitrogen and oxygen atoms in total. The van der Waals surface area contributed by atoms with Crippen molar-refractivity contribution in [2.24, 2.45) is 0 Å². The Morgan fingerprint density at radius 2 is 1.65 bits per heavy atom. The maximum absolute atomic E-state index is 13.2. The summed E-state index contributed by atoms with van der Waals surface area (Å²) in [6.45, 7) is 2.01. The number of halogens is 1. The highest BCUT2D eigenvalue weighted by Gasteiger charge is 2.26. The Labute approximate surface area is 224 Å². The molecule has 0 saturated heterocycles. The average Bonchev–Trinajstić information content (AvgIpc) is 2.92. The van der Waals surface area contributed by atoms with Crippen LogP contribution in [-0.4, -0.2) is 37.7 Å². The van der Waals surface area contributed by atoms with Crippen LogP contribution in [0.5, 0.6) is 0 Å². The molecule has 37 heavy (non-hydrogen) atoms. The van der Waals surface area contributed by atoms with Crippen molar-refractivity contribution in [3.8, 4) is 0 Å². The average molecular weight is 569 g/mol. The van der Waals surface area contributed by atoms with Crippen LogP contribution in [0.2, 0.25) is 0 Å². The number of esters is 1. The number of nitrogens with two attached hydrogens (primary N) is 1. The molecule has 0 heterocycles. The van der Waals surface area contributed by atoms with Crippen LogP contribution in [-0.2, 0) is 25.7 Å². The van der Waals surface area contributed by atoms with Crippen molar-refractivity contribution in [3.63, 3.8) is 0 Å². The number of carbonyl (C=O) groups is 3. The smallest absolute Gasteiger partial charge is 0.408 e. The van der Waals surface area contributed by atoms with Crippen LogP contribution in [0.15, 0.2) is 83.3 Å². The molecule has 3 rings (SSSR count). The summed E-state index contributed by atoms with van der Waals surface area (Å²) in [6.07, 6.45) is -0.301. The first kappa shape index (κ1) is 27.9. The normalized spacial score (nSPS) is 12.2. The van der Waals surface area contributed by atoms with Crippen LogP contribution in [0.3, 0.4) is 0 Å². The molecule has 4 N–H and O–H groups in total. The predicted octanol–water partition coefficient (Wildman–Crippen LogP) is 3.92. The molecule has 0 aromatic heterocycles. The minimum atomic E-state index is -0.797. The zero-order chi connectivity index (χ0) is 26.6. The number of benzene rings is 3. The standard InChI is InChI=1S/C28H30BrN3O5/c1-3-23(32-28(35)37-18-19-10-6-4-7-11-19)27(34)31-24-15-14-21(29)16-22(24)26(30-17-25(33)36-2)20-12-8-5-9-13-20/h4-16,23,26,30H,3,17-18H2,1-2H3,(H,31,34)(H,32,35)/p+1/t23-,26-/m1/s1. The number of nitrogens with one attached hydrogen (secondary N) is 2. The molecule has 2 atom stereocenters. The fraction of sp³-hybridized carbons (Fsp3) is 0.250. The van der Waals surface area contributed by atoms with Crippen LogP contribution in [0.4, 0.5) is 10.5 Å². The van der Waals surface area contributed by atoms with Gasteiger partial charge in [-0.25, -0.2) is 9.59 Å². The van der Waals surface area contributed by atoms with Gasteiger partial charge in [0.2, 0.25) is 5.91 Å². The van der Waals surface area contributed by atoms with E-state index in [1.165, 1.54) is 7.11 Å². The zero-order valence-electron chi connectivity index (χ0n) is 20.8. The van der Waals surface area contributed by atoms with E-state index in [4.69, 9.17) is 9.47 Å². The number of alkyl carbamates (subject to hydrolysis) is 1. The lowest BCUT2D eigenvalue weighted by atomic mass is 9.96. The molecule has 0 unspecified atom stereocenters. The Morgan fingerprint density at radius 1 is 0.973 bits per heavy atom. The summed E-state index contributed by atoms with van der Waals surface area (Å²) in [5.41, 5.74) is 3.17. The molecule has 0 radical (unpaired) electrons. The largest absolute Gasteiger partial charge is 0.465 e. The zero-order valence-corrected chi connectivity index (χ0v) is 22.4. The van der Waals surface area contributed by atoms with E-state index in [1.807, 2.05) is 78.1 Å². The van der Waals surface area contributed by atoms with E-state index in [9.17, 15) is 14.4 Å². The van der Waals surface area contributed by atoms with E-state index in [-0.39, 0.29) is 31.1 Å². The lowest BCUT2D eigenvalue weighted by molar-refractivity contribution is -0.677. The third-order valence-electron chi connectivity index (χ3n) is 5.74. The lowest BCUT2D eigenvalue weighted by Crippen LogP contribution is -2.87.